The van der Waals surface area contributed by atoms with Crippen LogP contribution in [0.4, 0.5) is 8.78 Å². The Morgan fingerprint density at radius 1 is 1.13 bits per heavy atom. The van der Waals surface area contributed by atoms with E-state index in [2.05, 4.69) is 5.32 Å². The number of carbonyl (C=O) groups excluding carboxylic acids is 1. The number of nitrogens with one attached hydrogen (secondary N) is 1. The summed E-state index contributed by atoms with van der Waals surface area (Å²) >= 11 is 0. The van der Waals surface area contributed by atoms with Crippen molar-refractivity contribution >= 4 is 15.8 Å². The molecule has 2 aromatic carbocycles. The second-order valence-electron chi connectivity index (χ2n) is 10.9. The molecule has 3 N–H and O–H groups in total. The first-order valence-electron chi connectivity index (χ1n) is 13.6. The molecule has 2 saturated heterocycles. The van der Waals surface area contributed by atoms with Gasteiger partial charge in [0.05, 0.1) is 12.3 Å². The molecule has 0 unspecified atom stereocenters. The highest BCUT2D eigenvalue weighted by atomic mass is 32.2. The zero-order chi connectivity index (χ0) is 28.2. The molecule has 2 aromatic rings. The molecule has 2 aliphatic heterocycles. The Labute approximate surface area is 230 Å². The number of nitrogens with two attached hydrogens (primary N) is 1. The lowest BCUT2D eigenvalue weighted by Gasteiger charge is -2.39. The second-order valence-corrected chi connectivity index (χ2v) is 12.8. The van der Waals surface area contributed by atoms with E-state index in [1.807, 2.05) is 6.92 Å². The van der Waals surface area contributed by atoms with E-state index in [0.29, 0.717) is 43.9 Å². The number of benzene rings is 2. The van der Waals surface area contributed by atoms with Gasteiger partial charge in [0.2, 0.25) is 10.0 Å². The van der Waals surface area contributed by atoms with Gasteiger partial charge in [-0.2, -0.15) is 4.31 Å². The average molecular weight is 564 g/mol. The molecule has 2 heterocycles. The van der Waals surface area contributed by atoms with Crippen molar-refractivity contribution in [3.05, 3.63) is 70.8 Å². The van der Waals surface area contributed by atoms with Gasteiger partial charge in [-0.1, -0.05) is 24.3 Å². The van der Waals surface area contributed by atoms with Gasteiger partial charge in [-0.05, 0) is 73.4 Å². The molecular weight excluding hydrogens is 524 g/mol. The van der Waals surface area contributed by atoms with Crippen LogP contribution in [0.3, 0.4) is 0 Å². The quantitative estimate of drug-likeness (QED) is 0.461. The number of carbonyl (C=O) groups is 1. The molecule has 2 fully saturated rings. The van der Waals surface area contributed by atoms with Gasteiger partial charge >= 0.3 is 0 Å². The summed E-state index contributed by atoms with van der Waals surface area (Å²) in [5.41, 5.74) is 8.39. The molecule has 0 aliphatic carbocycles. The van der Waals surface area contributed by atoms with E-state index in [4.69, 9.17) is 10.5 Å². The highest BCUT2D eigenvalue weighted by molar-refractivity contribution is 7.88. The zero-order valence-corrected chi connectivity index (χ0v) is 23.4. The van der Waals surface area contributed by atoms with E-state index in [-0.39, 0.29) is 48.4 Å². The van der Waals surface area contributed by atoms with Gasteiger partial charge in [-0.25, -0.2) is 17.2 Å². The van der Waals surface area contributed by atoms with E-state index in [9.17, 15) is 17.6 Å². The summed E-state index contributed by atoms with van der Waals surface area (Å²) in [7, 11) is -3.43. The summed E-state index contributed by atoms with van der Waals surface area (Å²) in [6.45, 7) is 4.05. The monoisotopic (exact) mass is 563 g/mol. The van der Waals surface area contributed by atoms with Gasteiger partial charge < -0.3 is 15.8 Å². The molecule has 39 heavy (non-hydrogen) atoms. The van der Waals surface area contributed by atoms with Crippen LogP contribution < -0.4 is 11.1 Å². The van der Waals surface area contributed by atoms with E-state index in [1.54, 1.807) is 24.3 Å². The number of ketones is 1. The second kappa shape index (κ2) is 13.0. The van der Waals surface area contributed by atoms with Crippen molar-refractivity contribution in [2.75, 3.05) is 32.6 Å². The minimum Gasteiger partial charge on any atom is -0.381 e. The number of rotatable bonds is 10. The maximum Gasteiger partial charge on any atom is 0.211 e. The molecule has 0 radical (unpaired) electrons. The van der Waals surface area contributed by atoms with Crippen LogP contribution in [0.25, 0.3) is 0 Å². The van der Waals surface area contributed by atoms with E-state index >= 15 is 4.39 Å². The maximum atomic E-state index is 15.1. The Morgan fingerprint density at radius 3 is 2.49 bits per heavy atom. The van der Waals surface area contributed by atoms with Crippen LogP contribution >= 0.6 is 0 Å². The topological polar surface area (TPSA) is 102 Å². The third kappa shape index (κ3) is 7.29. The maximum absolute atomic E-state index is 15.1. The first-order chi connectivity index (χ1) is 18.6. The largest absolute Gasteiger partial charge is 0.381 e. The summed E-state index contributed by atoms with van der Waals surface area (Å²) in [5.74, 6) is -1.19. The van der Waals surface area contributed by atoms with Crippen molar-refractivity contribution in [3.8, 4) is 0 Å². The number of halogens is 2. The van der Waals surface area contributed by atoms with Crippen molar-refractivity contribution in [2.24, 2.45) is 11.7 Å². The Morgan fingerprint density at radius 2 is 1.82 bits per heavy atom. The summed E-state index contributed by atoms with van der Waals surface area (Å²) in [6.07, 6.45) is 3.37. The lowest BCUT2D eigenvalue weighted by molar-refractivity contribution is -0.120. The van der Waals surface area contributed by atoms with Crippen molar-refractivity contribution in [2.45, 2.75) is 63.1 Å². The van der Waals surface area contributed by atoms with E-state index in [0.717, 1.165) is 18.4 Å². The molecule has 0 amide bonds. The highest BCUT2D eigenvalue weighted by Crippen LogP contribution is 2.35. The average Bonchev–Trinajstić information content (AvgIpc) is 2.89. The standard InChI is InChI=1S/C29H39F2N3O4S/c1-19-17-33-18-24(34(19)39(2,36)37)10-11-25-22(4-3-5-26(25)31)16-27(35)29(32)28(21-12-14-38-15-13-21)20-6-8-23(30)9-7-20/h3-9,19,21,24,28-29,33H,10-18,32H2,1-2H3/t19-,24+,28+,29-/m1/s1. The van der Waals surface area contributed by atoms with E-state index < -0.39 is 21.9 Å². The molecule has 10 heteroatoms. The van der Waals surface area contributed by atoms with E-state index in [1.165, 1.54) is 28.8 Å². The van der Waals surface area contributed by atoms with Gasteiger partial charge in [0, 0.05) is 50.7 Å². The predicted octanol–water partition coefficient (Wildman–Crippen LogP) is 3.17. The minimum atomic E-state index is -3.43. The first kappa shape index (κ1) is 29.7. The van der Waals surface area contributed by atoms with Crippen molar-refractivity contribution in [1.82, 2.24) is 9.62 Å². The van der Waals surface area contributed by atoms with Crippen LogP contribution in [-0.4, -0.2) is 69.2 Å². The minimum absolute atomic E-state index is 0.0374. The molecule has 214 valence electrons. The van der Waals surface area contributed by atoms with Gasteiger partial charge in [-0.3, -0.25) is 4.79 Å². The van der Waals surface area contributed by atoms with Crippen LogP contribution in [-0.2, 0) is 32.4 Å². The molecule has 0 aromatic heterocycles. The Bertz CT molecular complexity index is 1240. The molecule has 0 bridgehead atoms. The van der Waals surface area contributed by atoms with Gasteiger partial charge in [-0.15, -0.1) is 0 Å². The number of ether oxygens (including phenoxy) is 1. The summed E-state index contributed by atoms with van der Waals surface area (Å²) in [5, 5.41) is 3.26. The normalized spacial score (nSPS) is 22.9. The first-order valence-corrected chi connectivity index (χ1v) is 15.5. The van der Waals surface area contributed by atoms with Crippen molar-refractivity contribution < 1.29 is 26.7 Å². The Balaban J connectivity index is 1.53. The number of sulfonamides is 1. The van der Waals surface area contributed by atoms with Crippen molar-refractivity contribution in [1.29, 1.82) is 0 Å². The lowest BCUT2D eigenvalue weighted by atomic mass is 9.75. The summed E-state index contributed by atoms with van der Waals surface area (Å²) in [6, 6.07) is 9.44. The molecule has 0 spiro atoms. The molecule has 0 saturated carbocycles. The smallest absolute Gasteiger partial charge is 0.211 e. The summed E-state index contributed by atoms with van der Waals surface area (Å²) in [4.78, 5) is 13.6. The van der Waals surface area contributed by atoms with Crippen LogP contribution in [0.1, 0.15) is 48.8 Å². The fourth-order valence-corrected chi connectivity index (χ4v) is 7.67. The van der Waals surface area contributed by atoms with Crippen LogP contribution in [0.5, 0.6) is 0 Å². The molecule has 4 atom stereocenters. The molecule has 7 nitrogen and oxygen atoms in total. The molecule has 4 rings (SSSR count). The SMILES string of the molecule is C[C@@H]1CNC[C@H](CCc2c(F)cccc2CC(=O)[C@@H](N)[C@@H](c2ccc(F)cc2)C2CCOCC2)N1S(C)(=O)=O. The fraction of sp³-hybridized carbons (Fsp3) is 0.552. The Kier molecular flexibility index (Phi) is 9.87. The number of hydrogen-bond acceptors (Lipinski definition) is 6. The predicted molar refractivity (Wildman–Crippen MR) is 147 cm³/mol. The fourth-order valence-electron chi connectivity index (χ4n) is 6.22. The Hall–Kier alpha value is -2.24. The number of hydrogen-bond donors (Lipinski definition) is 2. The van der Waals surface area contributed by atoms with Crippen LogP contribution in [0, 0.1) is 17.6 Å². The van der Waals surface area contributed by atoms with Gasteiger partial charge in [0.1, 0.15) is 11.6 Å². The summed E-state index contributed by atoms with van der Waals surface area (Å²) < 4.78 is 60.6. The van der Waals surface area contributed by atoms with Gasteiger partial charge in [0.15, 0.2) is 5.78 Å². The number of Topliss-reactive ketones (excluding diaryl/α,β-unsaturated/α-hetero) is 1. The molecular formula is C29H39F2N3O4S. The molecule has 2 aliphatic rings. The lowest BCUT2D eigenvalue weighted by Crippen LogP contribution is -2.58. The number of nitrogens with zero attached hydrogens (tertiary/aromatic N) is 1. The zero-order valence-electron chi connectivity index (χ0n) is 22.6. The third-order valence-electron chi connectivity index (χ3n) is 8.09. The van der Waals surface area contributed by atoms with Crippen molar-refractivity contribution in [3.63, 3.8) is 0 Å². The van der Waals surface area contributed by atoms with Crippen LogP contribution in [0.2, 0.25) is 0 Å². The van der Waals surface area contributed by atoms with Crippen LogP contribution in [0.15, 0.2) is 42.5 Å². The number of piperazine rings is 1. The third-order valence-corrected chi connectivity index (χ3v) is 9.52. The van der Waals surface area contributed by atoms with Gasteiger partial charge in [0.25, 0.3) is 0 Å². The highest BCUT2D eigenvalue weighted by Gasteiger charge is 2.36.